The Balaban J connectivity index is 1.47. The lowest BCUT2D eigenvalue weighted by molar-refractivity contribution is 0.0946. The first-order valence-corrected chi connectivity index (χ1v) is 12.0. The van der Waals surface area contributed by atoms with Gasteiger partial charge in [0.25, 0.3) is 5.91 Å². The molecule has 8 heteroatoms. The Hall–Kier alpha value is -3.23. The minimum Gasteiger partial charge on any atom is -0.383 e. The zero-order chi connectivity index (χ0) is 22.5. The maximum absolute atomic E-state index is 12.8. The van der Waals surface area contributed by atoms with Crippen molar-refractivity contribution in [1.29, 1.82) is 0 Å². The van der Waals surface area contributed by atoms with E-state index in [0.29, 0.717) is 17.9 Å². The molecule has 0 unspecified atom stereocenters. The van der Waals surface area contributed by atoms with Crippen molar-refractivity contribution in [2.45, 2.75) is 30.2 Å². The van der Waals surface area contributed by atoms with Crippen LogP contribution in [0, 0.1) is 0 Å². The van der Waals surface area contributed by atoms with Crippen LogP contribution in [-0.4, -0.2) is 43.2 Å². The van der Waals surface area contributed by atoms with Gasteiger partial charge in [-0.1, -0.05) is 24.3 Å². The van der Waals surface area contributed by atoms with Crippen molar-refractivity contribution in [3.8, 4) is 22.3 Å². The number of nitrogens with zero attached hydrogens (tertiary/aromatic N) is 2. The number of pyridine rings is 1. The monoisotopic (exact) mass is 448 g/mol. The number of benzene rings is 2. The molecule has 0 saturated heterocycles. The SMILES string of the molecule is CN(C1CC1)S(=O)(=O)c1ccc(-c2cnc(N)c(-c3ccc4c(c3)CCNC4=O)c2)cc1. The molecule has 1 aliphatic heterocycles. The number of hydrogen-bond donors (Lipinski definition) is 2. The van der Waals surface area contributed by atoms with Gasteiger partial charge in [0.05, 0.1) is 4.90 Å². The molecule has 2 aliphatic rings. The molecule has 7 nitrogen and oxygen atoms in total. The van der Waals surface area contributed by atoms with E-state index in [1.165, 1.54) is 4.31 Å². The van der Waals surface area contributed by atoms with Crippen LogP contribution in [0.3, 0.4) is 0 Å². The van der Waals surface area contributed by atoms with E-state index < -0.39 is 10.0 Å². The minimum atomic E-state index is -3.48. The molecule has 3 N–H and O–H groups in total. The molecular formula is C24H24N4O3S. The number of hydrogen-bond acceptors (Lipinski definition) is 5. The fourth-order valence-electron chi connectivity index (χ4n) is 4.08. The summed E-state index contributed by atoms with van der Waals surface area (Å²) in [5.41, 5.74) is 11.2. The van der Waals surface area contributed by atoms with Crippen LogP contribution in [0.1, 0.15) is 28.8 Å². The molecule has 0 bridgehead atoms. The second-order valence-corrected chi connectivity index (χ2v) is 10.3. The molecule has 0 spiro atoms. The second-order valence-electron chi connectivity index (χ2n) is 8.31. The Morgan fingerprint density at radius 1 is 1.00 bits per heavy atom. The Morgan fingerprint density at radius 2 is 1.72 bits per heavy atom. The Kier molecular flexibility index (Phi) is 4.98. The average molecular weight is 449 g/mol. The number of nitrogen functional groups attached to an aromatic ring is 1. The van der Waals surface area contributed by atoms with Gasteiger partial charge in [-0.25, -0.2) is 13.4 Å². The van der Waals surface area contributed by atoms with Crippen molar-refractivity contribution in [3.63, 3.8) is 0 Å². The molecule has 0 radical (unpaired) electrons. The predicted molar refractivity (Wildman–Crippen MR) is 124 cm³/mol. The maximum Gasteiger partial charge on any atom is 0.251 e. The topological polar surface area (TPSA) is 105 Å². The highest BCUT2D eigenvalue weighted by atomic mass is 32.2. The lowest BCUT2D eigenvalue weighted by atomic mass is 9.94. The van der Waals surface area contributed by atoms with E-state index in [4.69, 9.17) is 5.73 Å². The van der Waals surface area contributed by atoms with Crippen LogP contribution in [0.15, 0.2) is 59.6 Å². The number of nitrogens with one attached hydrogen (secondary N) is 1. The maximum atomic E-state index is 12.8. The summed E-state index contributed by atoms with van der Waals surface area (Å²) in [6, 6.07) is 14.6. The predicted octanol–water partition coefficient (Wildman–Crippen LogP) is 3.07. The van der Waals surface area contributed by atoms with Crippen molar-refractivity contribution in [3.05, 3.63) is 65.9 Å². The summed E-state index contributed by atoms with van der Waals surface area (Å²) in [5.74, 6) is 0.347. The van der Waals surface area contributed by atoms with Crippen LogP contribution in [0.2, 0.25) is 0 Å². The van der Waals surface area contributed by atoms with Gasteiger partial charge in [-0.2, -0.15) is 4.31 Å². The number of anilines is 1. The van der Waals surface area contributed by atoms with E-state index in [9.17, 15) is 13.2 Å². The van der Waals surface area contributed by atoms with Crippen LogP contribution < -0.4 is 11.1 Å². The van der Waals surface area contributed by atoms with Crippen molar-refractivity contribution in [2.75, 3.05) is 19.3 Å². The summed E-state index contributed by atoms with van der Waals surface area (Å²) >= 11 is 0. The van der Waals surface area contributed by atoms with Gasteiger partial charge >= 0.3 is 0 Å². The zero-order valence-electron chi connectivity index (χ0n) is 17.7. The normalized spacial score (nSPS) is 16.0. The molecule has 1 aromatic heterocycles. The van der Waals surface area contributed by atoms with Gasteiger partial charge in [-0.05, 0) is 60.2 Å². The molecule has 3 aromatic rings. The first-order chi connectivity index (χ1) is 15.3. The van der Waals surface area contributed by atoms with E-state index in [1.807, 2.05) is 24.3 Å². The van der Waals surface area contributed by atoms with Crippen molar-refractivity contribution >= 4 is 21.7 Å². The number of aromatic nitrogens is 1. The van der Waals surface area contributed by atoms with Gasteiger partial charge in [0.1, 0.15) is 5.82 Å². The number of nitrogens with two attached hydrogens (primary N) is 1. The summed E-state index contributed by atoms with van der Waals surface area (Å²) in [6.07, 6.45) is 4.29. The Morgan fingerprint density at radius 3 is 2.44 bits per heavy atom. The van der Waals surface area contributed by atoms with Crippen LogP contribution in [0.5, 0.6) is 0 Å². The average Bonchev–Trinajstić information content (AvgIpc) is 3.64. The van der Waals surface area contributed by atoms with Crippen molar-refractivity contribution in [1.82, 2.24) is 14.6 Å². The summed E-state index contributed by atoms with van der Waals surface area (Å²) in [4.78, 5) is 16.7. The van der Waals surface area contributed by atoms with Crippen LogP contribution >= 0.6 is 0 Å². The van der Waals surface area contributed by atoms with E-state index in [2.05, 4.69) is 10.3 Å². The molecule has 1 saturated carbocycles. The molecule has 1 amide bonds. The van der Waals surface area contributed by atoms with Gasteiger partial charge in [0.15, 0.2) is 0 Å². The van der Waals surface area contributed by atoms with Gasteiger partial charge in [-0.15, -0.1) is 0 Å². The van der Waals surface area contributed by atoms with Crippen molar-refractivity contribution in [2.24, 2.45) is 0 Å². The molecular weight excluding hydrogens is 424 g/mol. The van der Waals surface area contributed by atoms with E-state index in [0.717, 1.165) is 47.1 Å². The van der Waals surface area contributed by atoms with E-state index in [1.54, 1.807) is 37.5 Å². The van der Waals surface area contributed by atoms with Crippen LogP contribution in [-0.2, 0) is 16.4 Å². The fraction of sp³-hybridized carbons (Fsp3) is 0.250. The van der Waals surface area contributed by atoms with E-state index in [-0.39, 0.29) is 16.8 Å². The second kappa shape index (κ2) is 7.72. The molecule has 5 rings (SSSR count). The van der Waals surface area contributed by atoms with Crippen molar-refractivity contribution < 1.29 is 13.2 Å². The van der Waals surface area contributed by atoms with Gasteiger partial charge < -0.3 is 11.1 Å². The van der Waals surface area contributed by atoms with Gasteiger partial charge in [0, 0.05) is 42.5 Å². The number of carbonyl (C=O) groups excluding carboxylic acids is 1. The summed E-state index contributed by atoms with van der Waals surface area (Å²) < 4.78 is 27.0. The summed E-state index contributed by atoms with van der Waals surface area (Å²) in [7, 11) is -1.84. The number of rotatable bonds is 5. The molecule has 1 fully saturated rings. The lowest BCUT2D eigenvalue weighted by Gasteiger charge is -2.18. The van der Waals surface area contributed by atoms with Crippen LogP contribution in [0.4, 0.5) is 5.82 Å². The number of fused-ring (bicyclic) bond motifs is 1. The molecule has 164 valence electrons. The zero-order valence-corrected chi connectivity index (χ0v) is 18.5. The quantitative estimate of drug-likeness (QED) is 0.624. The van der Waals surface area contributed by atoms with Gasteiger partial charge in [0.2, 0.25) is 10.0 Å². The fourth-order valence-corrected chi connectivity index (χ4v) is 5.50. The minimum absolute atomic E-state index is 0.0555. The number of amides is 1. The number of carbonyl (C=O) groups is 1. The third-order valence-electron chi connectivity index (χ3n) is 6.19. The molecule has 2 heterocycles. The number of sulfonamides is 1. The molecule has 0 atom stereocenters. The van der Waals surface area contributed by atoms with E-state index >= 15 is 0 Å². The smallest absolute Gasteiger partial charge is 0.251 e. The molecule has 1 aliphatic carbocycles. The summed E-state index contributed by atoms with van der Waals surface area (Å²) in [5, 5.41) is 2.85. The third kappa shape index (κ3) is 3.65. The largest absolute Gasteiger partial charge is 0.383 e. The summed E-state index contributed by atoms with van der Waals surface area (Å²) in [6.45, 7) is 0.619. The van der Waals surface area contributed by atoms with Crippen LogP contribution in [0.25, 0.3) is 22.3 Å². The highest BCUT2D eigenvalue weighted by Crippen LogP contribution is 2.33. The highest BCUT2D eigenvalue weighted by molar-refractivity contribution is 7.89. The first-order valence-electron chi connectivity index (χ1n) is 10.6. The van der Waals surface area contributed by atoms with Gasteiger partial charge in [-0.3, -0.25) is 4.79 Å². The Labute approximate surface area is 187 Å². The third-order valence-corrected chi connectivity index (χ3v) is 8.11. The molecule has 32 heavy (non-hydrogen) atoms. The molecule has 2 aromatic carbocycles. The Bertz CT molecular complexity index is 1320. The first kappa shape index (κ1) is 20.7. The highest BCUT2D eigenvalue weighted by Gasteiger charge is 2.34. The standard InChI is InChI=1S/C24H24N4O3S/c1-28(19-5-6-19)32(30,31)20-7-2-15(3-8-20)18-13-22(23(25)27-14-18)16-4-9-21-17(12-16)10-11-26-24(21)29/h2-4,7-9,12-14,19H,5-6,10-11H2,1H3,(H2,25,27)(H,26,29). The lowest BCUT2D eigenvalue weighted by Crippen LogP contribution is -2.31.